The Balaban J connectivity index is 3.02. The van der Waals surface area contributed by atoms with Gasteiger partial charge in [0.25, 0.3) is 0 Å². The van der Waals surface area contributed by atoms with Crippen molar-refractivity contribution in [2.75, 3.05) is 20.8 Å². The van der Waals surface area contributed by atoms with Crippen molar-refractivity contribution in [3.63, 3.8) is 0 Å². The van der Waals surface area contributed by atoms with Gasteiger partial charge in [0.1, 0.15) is 17.9 Å². The molecule has 0 atom stereocenters. The SMILES string of the molecule is CCOC(=O)CC(=O)c1cc(I)c(OC)cc1OC. The highest BCUT2D eigenvalue weighted by Crippen LogP contribution is 2.30. The van der Waals surface area contributed by atoms with Crippen LogP contribution in [-0.4, -0.2) is 32.6 Å². The second-order valence-corrected chi connectivity index (χ2v) is 4.75. The molecule has 0 fully saturated rings. The number of rotatable bonds is 6. The molecule has 0 radical (unpaired) electrons. The summed E-state index contributed by atoms with van der Waals surface area (Å²) in [5.41, 5.74) is 0.348. The fourth-order valence-corrected chi connectivity index (χ4v) is 2.20. The number of Topliss-reactive ketones (excluding diaryl/α,β-unsaturated/α-hetero) is 1. The lowest BCUT2D eigenvalue weighted by atomic mass is 10.1. The van der Waals surface area contributed by atoms with Crippen LogP contribution in [0.5, 0.6) is 11.5 Å². The maximum atomic E-state index is 12.0. The lowest BCUT2D eigenvalue weighted by Gasteiger charge is -2.11. The van der Waals surface area contributed by atoms with Crippen LogP contribution in [0.25, 0.3) is 0 Å². The highest BCUT2D eigenvalue weighted by molar-refractivity contribution is 14.1. The molecule has 0 saturated carbocycles. The fraction of sp³-hybridized carbons (Fsp3) is 0.385. The summed E-state index contributed by atoms with van der Waals surface area (Å²) in [4.78, 5) is 23.4. The second kappa shape index (κ2) is 7.32. The number of carbonyl (C=O) groups excluding carboxylic acids is 2. The summed E-state index contributed by atoms with van der Waals surface area (Å²) in [6.07, 6.45) is -0.299. The van der Waals surface area contributed by atoms with Gasteiger partial charge >= 0.3 is 5.97 Å². The average molecular weight is 378 g/mol. The van der Waals surface area contributed by atoms with E-state index in [0.29, 0.717) is 17.1 Å². The van der Waals surface area contributed by atoms with Gasteiger partial charge < -0.3 is 14.2 Å². The van der Waals surface area contributed by atoms with Crippen LogP contribution < -0.4 is 9.47 Å². The molecular weight excluding hydrogens is 363 g/mol. The molecule has 19 heavy (non-hydrogen) atoms. The monoisotopic (exact) mass is 378 g/mol. The maximum Gasteiger partial charge on any atom is 0.313 e. The second-order valence-electron chi connectivity index (χ2n) is 3.59. The van der Waals surface area contributed by atoms with Crippen LogP contribution >= 0.6 is 22.6 Å². The molecule has 1 aromatic rings. The highest BCUT2D eigenvalue weighted by Gasteiger charge is 2.19. The normalized spacial score (nSPS) is 9.89. The third kappa shape index (κ3) is 4.09. The molecule has 0 bridgehead atoms. The van der Waals surface area contributed by atoms with Gasteiger partial charge in [-0.3, -0.25) is 9.59 Å². The predicted molar refractivity (Wildman–Crippen MR) is 77.8 cm³/mol. The van der Waals surface area contributed by atoms with Crippen molar-refractivity contribution >= 4 is 34.3 Å². The summed E-state index contributed by atoms with van der Waals surface area (Å²) < 4.78 is 15.8. The molecule has 0 aliphatic carbocycles. The van der Waals surface area contributed by atoms with Crippen molar-refractivity contribution in [1.82, 2.24) is 0 Å². The molecule has 104 valence electrons. The first kappa shape index (κ1) is 15.7. The summed E-state index contributed by atoms with van der Waals surface area (Å²) >= 11 is 2.05. The zero-order chi connectivity index (χ0) is 14.4. The van der Waals surface area contributed by atoms with Gasteiger partial charge in [-0.15, -0.1) is 0 Å². The van der Waals surface area contributed by atoms with Crippen LogP contribution in [0, 0.1) is 3.57 Å². The van der Waals surface area contributed by atoms with Gasteiger partial charge in [0.05, 0.1) is 30.0 Å². The smallest absolute Gasteiger partial charge is 0.313 e. The molecule has 0 unspecified atom stereocenters. The molecule has 0 amide bonds. The van der Waals surface area contributed by atoms with E-state index in [-0.39, 0.29) is 18.8 Å². The fourth-order valence-electron chi connectivity index (χ4n) is 1.52. The molecule has 6 heteroatoms. The van der Waals surface area contributed by atoms with Gasteiger partial charge in [-0.1, -0.05) is 0 Å². The molecule has 0 aliphatic rings. The van der Waals surface area contributed by atoms with Crippen molar-refractivity contribution in [2.45, 2.75) is 13.3 Å². The van der Waals surface area contributed by atoms with E-state index in [9.17, 15) is 9.59 Å². The zero-order valence-electron chi connectivity index (χ0n) is 11.0. The summed E-state index contributed by atoms with van der Waals surface area (Å²) in [5.74, 6) is 0.118. The van der Waals surface area contributed by atoms with Crippen molar-refractivity contribution in [3.8, 4) is 11.5 Å². The molecule has 5 nitrogen and oxygen atoms in total. The average Bonchev–Trinajstić information content (AvgIpc) is 2.38. The minimum absolute atomic E-state index is 0.253. The largest absolute Gasteiger partial charge is 0.496 e. The molecule has 0 N–H and O–H groups in total. The van der Waals surface area contributed by atoms with Crippen LogP contribution in [0.3, 0.4) is 0 Å². The third-order valence-electron chi connectivity index (χ3n) is 2.38. The number of benzene rings is 1. The zero-order valence-corrected chi connectivity index (χ0v) is 13.1. The Morgan fingerprint density at radius 1 is 1.16 bits per heavy atom. The van der Waals surface area contributed by atoms with Gasteiger partial charge in [0, 0.05) is 6.07 Å². The lowest BCUT2D eigenvalue weighted by Crippen LogP contribution is -2.12. The molecule has 1 rings (SSSR count). The number of hydrogen-bond donors (Lipinski definition) is 0. The van der Waals surface area contributed by atoms with Gasteiger partial charge in [-0.25, -0.2) is 0 Å². The lowest BCUT2D eigenvalue weighted by molar-refractivity contribution is -0.141. The summed E-state index contributed by atoms with van der Waals surface area (Å²) in [6.45, 7) is 1.95. The summed E-state index contributed by atoms with van der Waals surface area (Å²) in [7, 11) is 3.00. The van der Waals surface area contributed by atoms with E-state index in [1.807, 2.05) is 0 Å². The number of halogens is 1. The van der Waals surface area contributed by atoms with E-state index in [4.69, 9.17) is 14.2 Å². The Labute approximate surface area is 125 Å². The van der Waals surface area contributed by atoms with Gasteiger partial charge in [0.2, 0.25) is 0 Å². The van der Waals surface area contributed by atoms with Crippen molar-refractivity contribution in [2.24, 2.45) is 0 Å². The Bertz CT molecular complexity index is 484. The molecule has 0 aliphatic heterocycles. The minimum Gasteiger partial charge on any atom is -0.496 e. The Kier molecular flexibility index (Phi) is 6.07. The van der Waals surface area contributed by atoms with Gasteiger partial charge in [-0.05, 0) is 35.6 Å². The standard InChI is InChI=1S/C13H15IO5/c1-4-19-13(16)6-10(15)8-5-9(14)12(18-3)7-11(8)17-2/h5,7H,4,6H2,1-3H3. The van der Waals surface area contributed by atoms with Crippen molar-refractivity contribution < 1.29 is 23.8 Å². The Morgan fingerprint density at radius 3 is 2.32 bits per heavy atom. The molecule has 0 heterocycles. The maximum absolute atomic E-state index is 12.0. The molecular formula is C13H15IO5. The van der Waals surface area contributed by atoms with Crippen molar-refractivity contribution in [3.05, 3.63) is 21.3 Å². The van der Waals surface area contributed by atoms with Gasteiger partial charge in [-0.2, -0.15) is 0 Å². The third-order valence-corrected chi connectivity index (χ3v) is 3.23. The van der Waals surface area contributed by atoms with E-state index in [1.165, 1.54) is 14.2 Å². The summed E-state index contributed by atoms with van der Waals surface area (Å²) in [6, 6.07) is 3.26. The first-order valence-corrected chi connectivity index (χ1v) is 6.71. The van der Waals surface area contributed by atoms with E-state index in [0.717, 1.165) is 3.57 Å². The highest BCUT2D eigenvalue weighted by atomic mass is 127. The molecule has 0 spiro atoms. The minimum atomic E-state index is -0.541. The van der Waals surface area contributed by atoms with E-state index in [1.54, 1.807) is 19.1 Å². The van der Waals surface area contributed by atoms with E-state index in [2.05, 4.69) is 22.6 Å². The molecule has 0 aromatic heterocycles. The Morgan fingerprint density at radius 2 is 1.79 bits per heavy atom. The predicted octanol–water partition coefficient (Wildman–Crippen LogP) is 2.44. The van der Waals surface area contributed by atoms with E-state index < -0.39 is 5.97 Å². The van der Waals surface area contributed by atoms with Gasteiger partial charge in [0.15, 0.2) is 5.78 Å². The van der Waals surface area contributed by atoms with E-state index >= 15 is 0 Å². The number of ether oxygens (including phenoxy) is 3. The number of carbonyl (C=O) groups is 2. The van der Waals surface area contributed by atoms with Crippen LogP contribution in [0.4, 0.5) is 0 Å². The van der Waals surface area contributed by atoms with Crippen LogP contribution in [0.15, 0.2) is 12.1 Å². The van der Waals surface area contributed by atoms with Crippen LogP contribution in [0.1, 0.15) is 23.7 Å². The quantitative estimate of drug-likeness (QED) is 0.329. The number of ketones is 1. The number of hydrogen-bond acceptors (Lipinski definition) is 5. The van der Waals surface area contributed by atoms with Crippen molar-refractivity contribution in [1.29, 1.82) is 0 Å². The summed E-state index contributed by atoms with van der Waals surface area (Å²) in [5, 5.41) is 0. The van der Waals surface area contributed by atoms with Crippen LogP contribution in [-0.2, 0) is 9.53 Å². The molecule has 0 saturated heterocycles. The number of methoxy groups -OCH3 is 2. The van der Waals surface area contributed by atoms with Crippen LogP contribution in [0.2, 0.25) is 0 Å². The topological polar surface area (TPSA) is 61.8 Å². The first-order valence-electron chi connectivity index (χ1n) is 5.63. The Hall–Kier alpha value is -1.31. The first-order chi connectivity index (χ1) is 9.03. The number of esters is 1. The molecule has 1 aromatic carbocycles.